The van der Waals surface area contributed by atoms with Gasteiger partial charge in [0.25, 0.3) is 5.56 Å². The van der Waals surface area contributed by atoms with Crippen LogP contribution in [0.2, 0.25) is 0 Å². The van der Waals surface area contributed by atoms with E-state index in [9.17, 15) is 19.8 Å². The number of hydrogen-bond acceptors (Lipinski definition) is 5. The summed E-state index contributed by atoms with van der Waals surface area (Å²) in [5.74, 6) is 0.0963. The third kappa shape index (κ3) is 2.36. The molecule has 0 bridgehead atoms. The largest absolute Gasteiger partial charge is 0.469 e. The summed E-state index contributed by atoms with van der Waals surface area (Å²) < 4.78 is 6.62. The van der Waals surface area contributed by atoms with Crippen LogP contribution in [0.1, 0.15) is 5.56 Å². The molecular formula is C15H14N2O5. The van der Waals surface area contributed by atoms with Gasteiger partial charge in [-0.2, -0.15) is 0 Å². The Labute approximate surface area is 124 Å². The number of nitrogens with one attached hydrogen (secondary N) is 1. The van der Waals surface area contributed by atoms with Crippen LogP contribution in [-0.4, -0.2) is 38.6 Å². The van der Waals surface area contributed by atoms with E-state index in [0.29, 0.717) is 11.1 Å². The molecule has 1 aromatic heterocycles. The fourth-order valence-electron chi connectivity index (χ4n) is 2.40. The maximum atomic E-state index is 12.0. The number of aliphatic hydroxyl groups excluding tert-OH is 2. The summed E-state index contributed by atoms with van der Waals surface area (Å²) in [5.41, 5.74) is -0.157. The Balaban J connectivity index is 2.21. The number of aliphatic hydroxyl groups is 2. The maximum absolute atomic E-state index is 12.0. The average molecular weight is 302 g/mol. The van der Waals surface area contributed by atoms with Gasteiger partial charge in [-0.15, -0.1) is 0 Å². The third-order valence-corrected chi connectivity index (χ3v) is 3.45. The van der Waals surface area contributed by atoms with Crippen molar-refractivity contribution < 1.29 is 14.9 Å². The van der Waals surface area contributed by atoms with Crippen molar-refractivity contribution in [3.05, 3.63) is 69.0 Å². The van der Waals surface area contributed by atoms with Crippen LogP contribution >= 0.6 is 0 Å². The van der Waals surface area contributed by atoms with Crippen molar-refractivity contribution in [2.24, 2.45) is 0 Å². The monoisotopic (exact) mass is 302 g/mol. The molecule has 7 nitrogen and oxygen atoms in total. The van der Waals surface area contributed by atoms with Gasteiger partial charge in [0.05, 0.1) is 12.2 Å². The van der Waals surface area contributed by atoms with Gasteiger partial charge < -0.3 is 14.9 Å². The van der Waals surface area contributed by atoms with Crippen molar-refractivity contribution in [3.8, 4) is 0 Å². The fourth-order valence-corrected chi connectivity index (χ4v) is 2.40. The molecule has 0 saturated heterocycles. The molecule has 22 heavy (non-hydrogen) atoms. The predicted molar refractivity (Wildman–Crippen MR) is 78.8 cm³/mol. The van der Waals surface area contributed by atoms with Crippen molar-refractivity contribution in [3.63, 3.8) is 0 Å². The second-order valence-electron chi connectivity index (χ2n) is 4.85. The maximum Gasteiger partial charge on any atom is 0.335 e. The minimum absolute atomic E-state index is 0.0963. The van der Waals surface area contributed by atoms with Crippen molar-refractivity contribution in [1.29, 1.82) is 0 Å². The Morgan fingerprint density at radius 1 is 1.18 bits per heavy atom. The zero-order valence-electron chi connectivity index (χ0n) is 11.5. The molecule has 114 valence electrons. The highest BCUT2D eigenvalue weighted by molar-refractivity contribution is 5.85. The van der Waals surface area contributed by atoms with Gasteiger partial charge in [0.15, 0.2) is 6.10 Å². The van der Waals surface area contributed by atoms with Gasteiger partial charge in [-0.3, -0.25) is 9.78 Å². The first-order valence-corrected chi connectivity index (χ1v) is 6.69. The summed E-state index contributed by atoms with van der Waals surface area (Å²) in [4.78, 5) is 25.3. The van der Waals surface area contributed by atoms with Crippen LogP contribution < -0.4 is 11.2 Å². The summed E-state index contributed by atoms with van der Waals surface area (Å²) in [6.45, 7) is -0.404. The van der Waals surface area contributed by atoms with E-state index in [4.69, 9.17) is 4.74 Å². The molecule has 2 aromatic rings. The molecule has 3 N–H and O–H groups in total. The van der Waals surface area contributed by atoms with Crippen LogP contribution in [0.4, 0.5) is 0 Å². The summed E-state index contributed by atoms with van der Waals surface area (Å²) in [6.07, 6.45) is -0.684. The fraction of sp³-hybridized carbons (Fsp3) is 0.200. The van der Waals surface area contributed by atoms with E-state index in [1.165, 1.54) is 12.3 Å². The van der Waals surface area contributed by atoms with Crippen LogP contribution in [0, 0.1) is 0 Å². The first kappa shape index (κ1) is 14.3. The molecule has 2 atom stereocenters. The lowest BCUT2D eigenvalue weighted by molar-refractivity contribution is 0.0275. The van der Waals surface area contributed by atoms with E-state index < -0.39 is 30.1 Å². The summed E-state index contributed by atoms with van der Waals surface area (Å²) in [5, 5.41) is 19.7. The summed E-state index contributed by atoms with van der Waals surface area (Å²) >= 11 is 0. The average Bonchev–Trinajstić information content (AvgIpc) is 2.84. The van der Waals surface area contributed by atoms with Gasteiger partial charge in [0.2, 0.25) is 5.88 Å². The van der Waals surface area contributed by atoms with Gasteiger partial charge in [0, 0.05) is 12.3 Å². The molecule has 1 aliphatic rings. The highest BCUT2D eigenvalue weighted by Crippen LogP contribution is 2.35. The molecule has 0 aliphatic carbocycles. The quantitative estimate of drug-likeness (QED) is 0.716. The molecule has 1 aromatic carbocycles. The molecule has 1 aliphatic heterocycles. The van der Waals surface area contributed by atoms with E-state index in [2.05, 4.69) is 4.98 Å². The van der Waals surface area contributed by atoms with Gasteiger partial charge in [0.1, 0.15) is 6.10 Å². The lowest BCUT2D eigenvalue weighted by Gasteiger charge is -2.13. The van der Waals surface area contributed by atoms with Gasteiger partial charge in [-0.05, 0) is 5.56 Å². The van der Waals surface area contributed by atoms with Crippen molar-refractivity contribution in [2.75, 3.05) is 6.61 Å². The van der Waals surface area contributed by atoms with Crippen LogP contribution in [0.25, 0.3) is 11.5 Å². The molecule has 3 rings (SSSR count). The zero-order chi connectivity index (χ0) is 15.7. The molecule has 0 saturated carbocycles. The van der Waals surface area contributed by atoms with Crippen molar-refractivity contribution in [2.45, 2.75) is 12.2 Å². The Kier molecular flexibility index (Phi) is 3.66. The topological polar surface area (TPSA) is 105 Å². The minimum Gasteiger partial charge on any atom is -0.469 e. The number of ether oxygens (including phenoxy) is 1. The summed E-state index contributed by atoms with van der Waals surface area (Å²) in [7, 11) is 0. The van der Waals surface area contributed by atoms with Crippen LogP contribution in [0.3, 0.4) is 0 Å². The molecular weight excluding hydrogens is 288 g/mol. The van der Waals surface area contributed by atoms with E-state index in [1.807, 2.05) is 6.07 Å². The third-order valence-electron chi connectivity index (χ3n) is 3.45. The number of aromatic amines is 1. The number of nitrogens with zero attached hydrogens (tertiary/aromatic N) is 1. The Hall–Kier alpha value is -2.64. The lowest BCUT2D eigenvalue weighted by atomic mass is 9.99. The minimum atomic E-state index is -1.08. The highest BCUT2D eigenvalue weighted by atomic mass is 16.5. The lowest BCUT2D eigenvalue weighted by Crippen LogP contribution is -2.29. The number of hydrogen-bond donors (Lipinski definition) is 3. The molecule has 2 heterocycles. The van der Waals surface area contributed by atoms with Gasteiger partial charge in [-0.1, -0.05) is 30.3 Å². The number of H-pyrrole nitrogens is 1. The second kappa shape index (κ2) is 5.63. The van der Waals surface area contributed by atoms with Crippen molar-refractivity contribution in [1.82, 2.24) is 9.55 Å². The Morgan fingerprint density at radius 3 is 2.55 bits per heavy atom. The molecule has 0 amide bonds. The Bertz CT molecular complexity index is 822. The second-order valence-corrected chi connectivity index (χ2v) is 4.85. The van der Waals surface area contributed by atoms with Gasteiger partial charge >= 0.3 is 5.69 Å². The smallest absolute Gasteiger partial charge is 0.335 e. The standard InChI is InChI=1S/C15H14N2O5/c18-8-10-13(20)12(9-4-2-1-3-5-9)14(22-10)17-7-6-11(19)16-15(17)21/h1-7,10,13,18,20H,8H2,(H,16,19,21)/t10-,13-/m1/s1. The molecule has 0 spiro atoms. The zero-order valence-corrected chi connectivity index (χ0v) is 11.5. The summed E-state index contributed by atoms with van der Waals surface area (Å²) in [6, 6.07) is 10.1. The first-order valence-electron chi connectivity index (χ1n) is 6.69. The normalized spacial score (nSPS) is 21.0. The van der Waals surface area contributed by atoms with E-state index in [-0.39, 0.29) is 5.88 Å². The number of benzene rings is 1. The van der Waals surface area contributed by atoms with Crippen LogP contribution in [-0.2, 0) is 4.74 Å². The molecule has 0 radical (unpaired) electrons. The van der Waals surface area contributed by atoms with Crippen molar-refractivity contribution >= 4 is 11.5 Å². The number of rotatable bonds is 3. The highest BCUT2D eigenvalue weighted by Gasteiger charge is 2.37. The van der Waals surface area contributed by atoms with E-state index in [1.54, 1.807) is 24.3 Å². The van der Waals surface area contributed by atoms with Crippen LogP contribution in [0.5, 0.6) is 0 Å². The van der Waals surface area contributed by atoms with E-state index >= 15 is 0 Å². The van der Waals surface area contributed by atoms with Gasteiger partial charge in [-0.25, -0.2) is 9.36 Å². The Morgan fingerprint density at radius 2 is 1.91 bits per heavy atom. The first-order chi connectivity index (χ1) is 10.6. The number of aromatic nitrogens is 2. The van der Waals surface area contributed by atoms with Crippen LogP contribution in [0.15, 0.2) is 52.2 Å². The predicted octanol–water partition coefficient (Wildman–Crippen LogP) is -0.386. The van der Waals surface area contributed by atoms with E-state index in [0.717, 1.165) is 4.57 Å². The molecule has 0 unspecified atom stereocenters. The molecule has 7 heteroatoms. The SMILES string of the molecule is O=c1ccn(C2=C(c3ccccc3)[C@H](O)[C@@H](CO)O2)c(=O)[nH]1. The molecule has 0 fully saturated rings.